The SMILES string of the molecule is CC(NCc1ccc(N2CCC(CO)CC2)cc1)c1ccco1. The topological polar surface area (TPSA) is 48.6 Å². The highest BCUT2D eigenvalue weighted by Gasteiger charge is 2.18. The fraction of sp³-hybridized carbons (Fsp3) is 0.474. The summed E-state index contributed by atoms with van der Waals surface area (Å²) in [5, 5.41) is 12.7. The third kappa shape index (κ3) is 4.15. The molecule has 1 atom stereocenters. The number of piperidine rings is 1. The Kier molecular flexibility index (Phi) is 5.36. The highest BCUT2D eigenvalue weighted by atomic mass is 16.3. The number of anilines is 1. The number of benzene rings is 1. The van der Waals surface area contributed by atoms with Crippen LogP contribution in [0, 0.1) is 5.92 Å². The maximum atomic E-state index is 9.22. The van der Waals surface area contributed by atoms with Crippen molar-refractivity contribution in [1.29, 1.82) is 0 Å². The summed E-state index contributed by atoms with van der Waals surface area (Å²) in [6, 6.07) is 12.9. The number of nitrogens with zero attached hydrogens (tertiary/aromatic N) is 1. The van der Waals surface area contributed by atoms with Crippen molar-refractivity contribution in [2.24, 2.45) is 5.92 Å². The Morgan fingerprint density at radius 1 is 1.22 bits per heavy atom. The van der Waals surface area contributed by atoms with Crippen LogP contribution in [0.25, 0.3) is 0 Å². The molecule has 0 bridgehead atoms. The number of nitrogens with one attached hydrogen (secondary N) is 1. The summed E-state index contributed by atoms with van der Waals surface area (Å²) in [5.74, 6) is 1.45. The maximum Gasteiger partial charge on any atom is 0.120 e. The molecular formula is C19H26N2O2. The van der Waals surface area contributed by atoms with Gasteiger partial charge in [-0.15, -0.1) is 0 Å². The first-order valence-corrected chi connectivity index (χ1v) is 8.48. The Hall–Kier alpha value is -1.78. The average Bonchev–Trinajstić information content (AvgIpc) is 3.15. The van der Waals surface area contributed by atoms with E-state index < -0.39 is 0 Å². The Labute approximate surface area is 138 Å². The van der Waals surface area contributed by atoms with Gasteiger partial charge in [0, 0.05) is 31.9 Å². The van der Waals surface area contributed by atoms with Crippen LogP contribution >= 0.6 is 0 Å². The van der Waals surface area contributed by atoms with Crippen LogP contribution in [0.3, 0.4) is 0 Å². The lowest BCUT2D eigenvalue weighted by Gasteiger charge is -2.33. The van der Waals surface area contributed by atoms with Gasteiger partial charge in [0.05, 0.1) is 12.3 Å². The van der Waals surface area contributed by atoms with Crippen LogP contribution in [-0.4, -0.2) is 24.8 Å². The van der Waals surface area contributed by atoms with Crippen molar-refractivity contribution in [3.05, 3.63) is 54.0 Å². The molecule has 2 heterocycles. The van der Waals surface area contributed by atoms with E-state index in [2.05, 4.69) is 41.4 Å². The highest BCUT2D eigenvalue weighted by Crippen LogP contribution is 2.23. The summed E-state index contributed by atoms with van der Waals surface area (Å²) in [7, 11) is 0. The van der Waals surface area contributed by atoms with Gasteiger partial charge >= 0.3 is 0 Å². The van der Waals surface area contributed by atoms with Crippen LogP contribution < -0.4 is 10.2 Å². The van der Waals surface area contributed by atoms with Crippen LogP contribution in [0.4, 0.5) is 5.69 Å². The molecule has 3 rings (SSSR count). The lowest BCUT2D eigenvalue weighted by atomic mass is 9.97. The molecular weight excluding hydrogens is 288 g/mol. The average molecular weight is 314 g/mol. The van der Waals surface area contributed by atoms with Crippen molar-refractivity contribution in [2.45, 2.75) is 32.4 Å². The zero-order chi connectivity index (χ0) is 16.1. The third-order valence-electron chi connectivity index (χ3n) is 4.76. The van der Waals surface area contributed by atoms with Crippen molar-refractivity contribution in [3.8, 4) is 0 Å². The molecule has 4 nitrogen and oxygen atoms in total. The van der Waals surface area contributed by atoms with Crippen LogP contribution in [0.1, 0.15) is 37.1 Å². The lowest BCUT2D eigenvalue weighted by molar-refractivity contribution is 0.203. The predicted octanol–water partition coefficient (Wildman–Crippen LogP) is 3.34. The monoisotopic (exact) mass is 314 g/mol. The van der Waals surface area contributed by atoms with E-state index in [4.69, 9.17) is 4.42 Å². The summed E-state index contributed by atoms with van der Waals surface area (Å²) in [6.07, 6.45) is 3.88. The first kappa shape index (κ1) is 16.1. The van der Waals surface area contributed by atoms with Gasteiger partial charge in [-0.25, -0.2) is 0 Å². The second kappa shape index (κ2) is 7.66. The Bertz CT molecular complexity index is 572. The fourth-order valence-electron chi connectivity index (χ4n) is 3.11. The standard InChI is InChI=1S/C19H26N2O2/c1-15(19-3-2-12-23-19)20-13-16-4-6-18(7-5-16)21-10-8-17(14-22)9-11-21/h2-7,12,15,17,20,22H,8-11,13-14H2,1H3. The fourth-order valence-corrected chi connectivity index (χ4v) is 3.11. The smallest absolute Gasteiger partial charge is 0.120 e. The minimum atomic E-state index is 0.210. The van der Waals surface area contributed by atoms with Gasteiger partial charge in [-0.05, 0) is 55.5 Å². The molecule has 1 unspecified atom stereocenters. The molecule has 0 spiro atoms. The molecule has 1 saturated heterocycles. The molecule has 1 aliphatic rings. The van der Waals surface area contributed by atoms with Crippen molar-refractivity contribution in [3.63, 3.8) is 0 Å². The van der Waals surface area contributed by atoms with Crippen molar-refractivity contribution < 1.29 is 9.52 Å². The molecule has 1 aromatic carbocycles. The number of hydrogen-bond acceptors (Lipinski definition) is 4. The maximum absolute atomic E-state index is 9.22. The number of aliphatic hydroxyl groups excluding tert-OH is 1. The molecule has 23 heavy (non-hydrogen) atoms. The minimum absolute atomic E-state index is 0.210. The molecule has 0 saturated carbocycles. The first-order valence-electron chi connectivity index (χ1n) is 8.48. The number of rotatable bonds is 6. The van der Waals surface area contributed by atoms with E-state index in [-0.39, 0.29) is 6.04 Å². The van der Waals surface area contributed by atoms with Crippen LogP contribution in [0.2, 0.25) is 0 Å². The highest BCUT2D eigenvalue weighted by molar-refractivity contribution is 5.48. The number of aliphatic hydroxyl groups is 1. The minimum Gasteiger partial charge on any atom is -0.468 e. The molecule has 0 aliphatic carbocycles. The molecule has 4 heteroatoms. The van der Waals surface area contributed by atoms with Gasteiger partial charge in [0.1, 0.15) is 5.76 Å². The van der Waals surface area contributed by atoms with E-state index in [1.807, 2.05) is 12.1 Å². The summed E-state index contributed by atoms with van der Waals surface area (Å²) in [5.41, 5.74) is 2.56. The van der Waals surface area contributed by atoms with E-state index in [1.165, 1.54) is 11.3 Å². The zero-order valence-electron chi connectivity index (χ0n) is 13.7. The van der Waals surface area contributed by atoms with Gasteiger partial charge in [-0.2, -0.15) is 0 Å². The molecule has 2 N–H and O–H groups in total. The van der Waals surface area contributed by atoms with Gasteiger partial charge in [0.15, 0.2) is 0 Å². The molecule has 1 aliphatic heterocycles. The molecule has 1 fully saturated rings. The van der Waals surface area contributed by atoms with Gasteiger partial charge in [0.2, 0.25) is 0 Å². The molecule has 0 amide bonds. The summed E-state index contributed by atoms with van der Waals surface area (Å²) in [6.45, 7) is 5.34. The second-order valence-electron chi connectivity index (χ2n) is 6.40. The zero-order valence-corrected chi connectivity index (χ0v) is 13.7. The van der Waals surface area contributed by atoms with Crippen molar-refractivity contribution >= 4 is 5.69 Å². The van der Waals surface area contributed by atoms with E-state index in [1.54, 1.807) is 6.26 Å². The molecule has 0 radical (unpaired) electrons. The quantitative estimate of drug-likeness (QED) is 0.858. The van der Waals surface area contributed by atoms with Gasteiger partial charge < -0.3 is 19.7 Å². The predicted molar refractivity (Wildman–Crippen MR) is 92.4 cm³/mol. The lowest BCUT2D eigenvalue weighted by Crippen LogP contribution is -2.34. The van der Waals surface area contributed by atoms with Gasteiger partial charge in [0.25, 0.3) is 0 Å². The number of hydrogen-bond donors (Lipinski definition) is 2. The van der Waals surface area contributed by atoms with E-state index in [9.17, 15) is 5.11 Å². The molecule has 124 valence electrons. The summed E-state index contributed by atoms with van der Waals surface area (Å²) >= 11 is 0. The Morgan fingerprint density at radius 2 is 1.96 bits per heavy atom. The van der Waals surface area contributed by atoms with Crippen molar-refractivity contribution in [1.82, 2.24) is 5.32 Å². The molecule has 2 aromatic rings. The summed E-state index contributed by atoms with van der Waals surface area (Å²) < 4.78 is 5.41. The van der Waals surface area contributed by atoms with E-state index >= 15 is 0 Å². The normalized spacial score (nSPS) is 17.4. The van der Waals surface area contributed by atoms with Crippen molar-refractivity contribution in [2.75, 3.05) is 24.6 Å². The van der Waals surface area contributed by atoms with E-state index in [0.717, 1.165) is 38.2 Å². The largest absolute Gasteiger partial charge is 0.468 e. The molecule has 1 aromatic heterocycles. The van der Waals surface area contributed by atoms with Gasteiger partial charge in [-0.3, -0.25) is 0 Å². The third-order valence-corrected chi connectivity index (χ3v) is 4.76. The number of furan rings is 1. The van der Waals surface area contributed by atoms with Gasteiger partial charge in [-0.1, -0.05) is 12.1 Å². The Balaban J connectivity index is 1.51. The second-order valence-corrected chi connectivity index (χ2v) is 6.40. The van der Waals surface area contributed by atoms with Crippen LogP contribution in [0.5, 0.6) is 0 Å². The van der Waals surface area contributed by atoms with Crippen LogP contribution in [-0.2, 0) is 6.54 Å². The Morgan fingerprint density at radius 3 is 2.57 bits per heavy atom. The first-order chi connectivity index (χ1) is 11.3. The summed E-state index contributed by atoms with van der Waals surface area (Å²) in [4.78, 5) is 2.41. The van der Waals surface area contributed by atoms with Crippen LogP contribution in [0.15, 0.2) is 47.1 Å². The van der Waals surface area contributed by atoms with E-state index in [0.29, 0.717) is 12.5 Å².